The Morgan fingerprint density at radius 1 is 1.14 bits per heavy atom. The second kappa shape index (κ2) is 6.02. The van der Waals surface area contributed by atoms with Crippen molar-refractivity contribution in [2.24, 2.45) is 11.1 Å². The Balaban J connectivity index is 4.73. The molecule has 0 aromatic heterocycles. The average molecular weight is 200 g/mol. The van der Waals surface area contributed by atoms with Crippen molar-refractivity contribution in [2.45, 2.75) is 40.5 Å². The van der Waals surface area contributed by atoms with Gasteiger partial charge in [0.25, 0.3) is 0 Å². The quantitative estimate of drug-likeness (QED) is 0.708. The fraction of sp³-hybridized carbons (Fsp3) is 0.909. The molecule has 0 aliphatic heterocycles. The lowest BCUT2D eigenvalue weighted by atomic mass is 9.81. The van der Waals surface area contributed by atoms with Gasteiger partial charge in [0.15, 0.2) is 0 Å². The number of nitrogens with two attached hydrogens (primary N) is 1. The highest BCUT2D eigenvalue weighted by molar-refractivity contribution is 5.82. The molecule has 0 fully saturated rings. The summed E-state index contributed by atoms with van der Waals surface area (Å²) in [6.45, 7) is 10.1. The number of rotatable bonds is 6. The van der Waals surface area contributed by atoms with Gasteiger partial charge in [-0.1, -0.05) is 13.8 Å². The minimum Gasteiger partial charge on any atom is -0.343 e. The first-order chi connectivity index (χ1) is 6.61. The molecule has 0 bridgehead atoms. The highest BCUT2D eigenvalue weighted by Crippen LogP contribution is 2.27. The van der Waals surface area contributed by atoms with Crippen molar-refractivity contribution in [3.63, 3.8) is 0 Å². The molecule has 84 valence electrons. The predicted octanol–water partition coefficient (Wildman–Crippen LogP) is 1.62. The molecule has 3 heteroatoms. The van der Waals surface area contributed by atoms with Gasteiger partial charge in [-0.25, -0.2) is 0 Å². The van der Waals surface area contributed by atoms with Gasteiger partial charge in [-0.3, -0.25) is 4.79 Å². The molecule has 0 rings (SSSR count). The van der Waals surface area contributed by atoms with Crippen LogP contribution in [0.15, 0.2) is 0 Å². The molecule has 0 unspecified atom stereocenters. The molecule has 0 aliphatic carbocycles. The first-order valence-electron chi connectivity index (χ1n) is 5.61. The summed E-state index contributed by atoms with van der Waals surface area (Å²) in [6.07, 6.45) is 1.66. The Hall–Kier alpha value is -0.570. The van der Waals surface area contributed by atoms with E-state index >= 15 is 0 Å². The predicted molar refractivity (Wildman–Crippen MR) is 60.0 cm³/mol. The molecule has 0 aliphatic rings. The number of hydrogen-bond donors (Lipinski definition) is 1. The molecule has 0 aromatic carbocycles. The number of hydrogen-bond acceptors (Lipinski definition) is 2. The third-order valence-corrected chi connectivity index (χ3v) is 3.25. The van der Waals surface area contributed by atoms with Crippen molar-refractivity contribution in [2.75, 3.05) is 19.6 Å². The van der Waals surface area contributed by atoms with Gasteiger partial charge in [0.05, 0.1) is 5.41 Å². The van der Waals surface area contributed by atoms with Crippen LogP contribution in [0.2, 0.25) is 0 Å². The van der Waals surface area contributed by atoms with Crippen LogP contribution in [-0.4, -0.2) is 30.4 Å². The summed E-state index contributed by atoms with van der Waals surface area (Å²) in [4.78, 5) is 14.0. The lowest BCUT2D eigenvalue weighted by Gasteiger charge is -2.34. The SMILES string of the molecule is CCN(CC)C(=O)C(CC)(CC)CN. The largest absolute Gasteiger partial charge is 0.343 e. The zero-order valence-electron chi connectivity index (χ0n) is 9.97. The van der Waals surface area contributed by atoms with E-state index in [2.05, 4.69) is 0 Å². The van der Waals surface area contributed by atoms with Gasteiger partial charge in [0.1, 0.15) is 0 Å². The summed E-state index contributed by atoms with van der Waals surface area (Å²) in [7, 11) is 0. The number of nitrogens with zero attached hydrogens (tertiary/aromatic N) is 1. The third-order valence-electron chi connectivity index (χ3n) is 3.25. The van der Waals surface area contributed by atoms with Gasteiger partial charge >= 0.3 is 0 Å². The molecule has 2 N–H and O–H groups in total. The van der Waals surface area contributed by atoms with Crippen LogP contribution in [0.5, 0.6) is 0 Å². The van der Waals surface area contributed by atoms with Gasteiger partial charge < -0.3 is 10.6 Å². The van der Waals surface area contributed by atoms with E-state index in [1.807, 2.05) is 32.6 Å². The average Bonchev–Trinajstić information content (AvgIpc) is 2.23. The zero-order chi connectivity index (χ0) is 11.2. The van der Waals surface area contributed by atoms with Crippen LogP contribution in [0, 0.1) is 5.41 Å². The summed E-state index contributed by atoms with van der Waals surface area (Å²) in [6, 6.07) is 0. The van der Waals surface area contributed by atoms with Gasteiger partial charge in [-0.2, -0.15) is 0 Å². The molecule has 0 atom stereocenters. The lowest BCUT2D eigenvalue weighted by molar-refractivity contribution is -0.141. The first-order valence-corrected chi connectivity index (χ1v) is 5.61. The fourth-order valence-electron chi connectivity index (χ4n) is 1.77. The molecule has 3 nitrogen and oxygen atoms in total. The lowest BCUT2D eigenvalue weighted by Crippen LogP contribution is -2.47. The monoisotopic (exact) mass is 200 g/mol. The second-order valence-corrected chi connectivity index (χ2v) is 3.67. The molecule has 14 heavy (non-hydrogen) atoms. The normalized spacial score (nSPS) is 11.5. The molecule has 0 saturated carbocycles. The van der Waals surface area contributed by atoms with Crippen LogP contribution in [0.1, 0.15) is 40.5 Å². The van der Waals surface area contributed by atoms with E-state index < -0.39 is 0 Å². The molecule has 1 amide bonds. The van der Waals surface area contributed by atoms with Crippen LogP contribution in [-0.2, 0) is 4.79 Å². The summed E-state index contributed by atoms with van der Waals surface area (Å²) >= 11 is 0. The van der Waals surface area contributed by atoms with E-state index in [9.17, 15) is 4.79 Å². The highest BCUT2D eigenvalue weighted by atomic mass is 16.2. The Labute approximate surface area is 87.6 Å². The summed E-state index contributed by atoms with van der Waals surface area (Å²) in [5, 5.41) is 0. The zero-order valence-corrected chi connectivity index (χ0v) is 9.97. The topological polar surface area (TPSA) is 46.3 Å². The summed E-state index contributed by atoms with van der Waals surface area (Å²) in [5.74, 6) is 0.218. The van der Waals surface area contributed by atoms with Crippen molar-refractivity contribution >= 4 is 5.91 Å². The van der Waals surface area contributed by atoms with Crippen LogP contribution in [0.3, 0.4) is 0 Å². The minimum absolute atomic E-state index is 0.218. The second-order valence-electron chi connectivity index (χ2n) is 3.67. The number of carbonyl (C=O) groups excluding carboxylic acids is 1. The maximum atomic E-state index is 12.2. The first kappa shape index (κ1) is 13.4. The summed E-state index contributed by atoms with van der Waals surface area (Å²) in [5.41, 5.74) is 5.40. The molecule has 0 radical (unpaired) electrons. The van der Waals surface area contributed by atoms with Crippen molar-refractivity contribution in [3.8, 4) is 0 Å². The molecular weight excluding hydrogens is 176 g/mol. The number of carbonyl (C=O) groups is 1. The Morgan fingerprint density at radius 2 is 1.57 bits per heavy atom. The van der Waals surface area contributed by atoms with E-state index in [0.29, 0.717) is 6.54 Å². The maximum Gasteiger partial charge on any atom is 0.230 e. The standard InChI is InChI=1S/C11H24N2O/c1-5-11(6-2,9-12)10(14)13(7-3)8-4/h5-9,12H2,1-4H3. The van der Waals surface area contributed by atoms with E-state index in [1.165, 1.54) is 0 Å². The van der Waals surface area contributed by atoms with E-state index in [1.54, 1.807) is 0 Å². The number of amides is 1. The van der Waals surface area contributed by atoms with Gasteiger partial charge in [-0.05, 0) is 26.7 Å². The van der Waals surface area contributed by atoms with E-state index in [-0.39, 0.29) is 11.3 Å². The van der Waals surface area contributed by atoms with Crippen LogP contribution >= 0.6 is 0 Å². The fourth-order valence-corrected chi connectivity index (χ4v) is 1.77. The van der Waals surface area contributed by atoms with Crippen molar-refractivity contribution in [1.82, 2.24) is 4.90 Å². The summed E-state index contributed by atoms with van der Waals surface area (Å²) < 4.78 is 0. The molecular formula is C11H24N2O. The minimum atomic E-state index is -0.327. The maximum absolute atomic E-state index is 12.2. The van der Waals surface area contributed by atoms with Crippen LogP contribution < -0.4 is 5.73 Å². The van der Waals surface area contributed by atoms with E-state index in [4.69, 9.17) is 5.73 Å². The van der Waals surface area contributed by atoms with Gasteiger partial charge in [-0.15, -0.1) is 0 Å². The molecule has 0 heterocycles. The van der Waals surface area contributed by atoms with E-state index in [0.717, 1.165) is 25.9 Å². The Morgan fingerprint density at radius 3 is 1.79 bits per heavy atom. The molecule has 0 spiro atoms. The van der Waals surface area contributed by atoms with Crippen molar-refractivity contribution in [1.29, 1.82) is 0 Å². The highest BCUT2D eigenvalue weighted by Gasteiger charge is 2.35. The Bertz CT molecular complexity index is 164. The molecule has 0 aromatic rings. The third kappa shape index (κ3) is 2.47. The smallest absolute Gasteiger partial charge is 0.230 e. The molecule has 0 saturated heterocycles. The van der Waals surface area contributed by atoms with Crippen molar-refractivity contribution in [3.05, 3.63) is 0 Å². The Kier molecular flexibility index (Phi) is 5.77. The van der Waals surface area contributed by atoms with Crippen LogP contribution in [0.4, 0.5) is 0 Å². The van der Waals surface area contributed by atoms with Crippen LogP contribution in [0.25, 0.3) is 0 Å². The van der Waals surface area contributed by atoms with Gasteiger partial charge in [0.2, 0.25) is 5.91 Å². The van der Waals surface area contributed by atoms with Gasteiger partial charge in [0, 0.05) is 19.6 Å². The van der Waals surface area contributed by atoms with Crippen molar-refractivity contribution < 1.29 is 4.79 Å².